The molecule has 9 heteroatoms. The molecule has 1 N–H and O–H groups in total. The summed E-state index contributed by atoms with van der Waals surface area (Å²) in [6.45, 7) is 1.78. The molecule has 2 fully saturated rings. The molecule has 0 aromatic heterocycles. The lowest BCUT2D eigenvalue weighted by molar-refractivity contribution is -0.137. The van der Waals surface area contributed by atoms with E-state index in [1.807, 2.05) is 0 Å². The molecule has 2 aliphatic heterocycles. The second-order valence-corrected chi connectivity index (χ2v) is 7.51. The summed E-state index contributed by atoms with van der Waals surface area (Å²) in [5.41, 5.74) is -1.75. The van der Waals surface area contributed by atoms with Gasteiger partial charge in [0.15, 0.2) is 0 Å². The number of ether oxygens (including phenoxy) is 1. The molecule has 128 valence electrons. The van der Waals surface area contributed by atoms with Crippen molar-refractivity contribution in [2.24, 2.45) is 0 Å². The third kappa shape index (κ3) is 2.98. The van der Waals surface area contributed by atoms with Crippen LogP contribution in [0.4, 0.5) is 13.2 Å². The normalized spacial score (nSPS) is 22.6. The van der Waals surface area contributed by atoms with Crippen LogP contribution in [-0.4, -0.2) is 44.7 Å². The van der Waals surface area contributed by atoms with E-state index in [0.29, 0.717) is 32.5 Å². The summed E-state index contributed by atoms with van der Waals surface area (Å²) >= 11 is 0. The van der Waals surface area contributed by atoms with E-state index >= 15 is 0 Å². The summed E-state index contributed by atoms with van der Waals surface area (Å²) in [7, 11) is -3.90. The number of halogens is 3. The summed E-state index contributed by atoms with van der Waals surface area (Å²) < 4.78 is 70.5. The maximum atomic E-state index is 12.8. The van der Waals surface area contributed by atoms with Gasteiger partial charge in [-0.1, -0.05) is 0 Å². The van der Waals surface area contributed by atoms with Crippen molar-refractivity contribution in [3.8, 4) is 0 Å². The molecular formula is C14H17F3N2O3S. The van der Waals surface area contributed by atoms with Gasteiger partial charge in [0.1, 0.15) is 5.72 Å². The zero-order valence-corrected chi connectivity index (χ0v) is 13.1. The highest BCUT2D eigenvalue weighted by Crippen LogP contribution is 2.37. The van der Waals surface area contributed by atoms with Gasteiger partial charge in [-0.3, -0.25) is 0 Å². The van der Waals surface area contributed by atoms with Gasteiger partial charge in [0.2, 0.25) is 10.0 Å². The minimum Gasteiger partial charge on any atom is -0.358 e. The Morgan fingerprint density at radius 1 is 1.13 bits per heavy atom. The smallest absolute Gasteiger partial charge is 0.358 e. The van der Waals surface area contributed by atoms with Gasteiger partial charge < -0.3 is 10.1 Å². The van der Waals surface area contributed by atoms with Gasteiger partial charge in [0, 0.05) is 19.4 Å². The van der Waals surface area contributed by atoms with Crippen LogP contribution < -0.4 is 5.32 Å². The predicted molar refractivity (Wildman–Crippen MR) is 76.1 cm³/mol. The summed E-state index contributed by atoms with van der Waals surface area (Å²) in [4.78, 5) is -0.145. The molecule has 2 aliphatic rings. The number of hydrogen-bond donors (Lipinski definition) is 1. The molecule has 0 atom stereocenters. The van der Waals surface area contributed by atoms with E-state index in [9.17, 15) is 21.6 Å². The van der Waals surface area contributed by atoms with Gasteiger partial charge in [0.25, 0.3) is 0 Å². The highest BCUT2D eigenvalue weighted by Gasteiger charge is 2.49. The van der Waals surface area contributed by atoms with Gasteiger partial charge in [-0.2, -0.15) is 17.5 Å². The minimum atomic E-state index is -4.49. The first-order valence-corrected chi connectivity index (χ1v) is 8.75. The van der Waals surface area contributed by atoms with Crippen molar-refractivity contribution in [1.82, 2.24) is 9.62 Å². The quantitative estimate of drug-likeness (QED) is 0.884. The lowest BCUT2D eigenvalue weighted by Crippen LogP contribution is -2.53. The van der Waals surface area contributed by atoms with Crippen molar-refractivity contribution in [3.05, 3.63) is 29.8 Å². The molecule has 0 saturated carbocycles. The number of rotatable bonds is 2. The number of benzene rings is 1. The number of alkyl halides is 3. The average Bonchev–Trinajstić information content (AvgIpc) is 2.91. The molecule has 23 heavy (non-hydrogen) atoms. The molecule has 0 amide bonds. The predicted octanol–water partition coefficient (Wildman–Crippen LogP) is 1.81. The first-order chi connectivity index (χ1) is 10.8. The van der Waals surface area contributed by atoms with Gasteiger partial charge in [-0.15, -0.1) is 0 Å². The van der Waals surface area contributed by atoms with Crippen LogP contribution in [0.1, 0.15) is 18.4 Å². The van der Waals surface area contributed by atoms with Crippen molar-refractivity contribution in [2.45, 2.75) is 29.6 Å². The average molecular weight is 350 g/mol. The minimum absolute atomic E-state index is 0.145. The van der Waals surface area contributed by atoms with E-state index in [4.69, 9.17) is 4.74 Å². The fraction of sp³-hybridized carbons (Fsp3) is 0.571. The number of nitrogens with one attached hydrogen (secondary N) is 1. The van der Waals surface area contributed by atoms with Gasteiger partial charge in [-0.25, -0.2) is 8.42 Å². The van der Waals surface area contributed by atoms with Gasteiger partial charge in [-0.05, 0) is 37.4 Å². The van der Waals surface area contributed by atoms with Crippen LogP contribution in [0.15, 0.2) is 29.2 Å². The first kappa shape index (κ1) is 16.7. The van der Waals surface area contributed by atoms with E-state index in [1.54, 1.807) is 0 Å². The Balaban J connectivity index is 1.92. The highest BCUT2D eigenvalue weighted by atomic mass is 32.2. The Labute approximate surface area is 132 Å². The van der Waals surface area contributed by atoms with E-state index < -0.39 is 27.5 Å². The van der Waals surface area contributed by atoms with E-state index in [0.717, 1.165) is 24.3 Å². The van der Waals surface area contributed by atoms with Crippen molar-refractivity contribution >= 4 is 10.0 Å². The number of hydrogen-bond acceptors (Lipinski definition) is 4. The number of sulfonamides is 1. The van der Waals surface area contributed by atoms with Crippen LogP contribution in [0, 0.1) is 0 Å². The van der Waals surface area contributed by atoms with Crippen LogP contribution >= 0.6 is 0 Å². The number of piperidine rings is 1. The molecule has 1 aromatic rings. The standard InChI is InChI=1S/C14H17F3N2O3S/c15-14(16,17)11-1-3-12(4-2-11)23(20,21)19-9-10-22-13(19)5-7-18-8-6-13/h1-4,18H,5-10H2. The SMILES string of the molecule is O=S(=O)(c1ccc(C(F)(F)F)cc1)N1CCOC12CCNCC2. The van der Waals surface area contributed by atoms with E-state index in [-0.39, 0.29) is 11.4 Å². The maximum absolute atomic E-state index is 12.8. The molecule has 3 rings (SSSR count). The molecule has 0 radical (unpaired) electrons. The van der Waals surface area contributed by atoms with Crippen molar-refractivity contribution in [1.29, 1.82) is 0 Å². The zero-order valence-electron chi connectivity index (χ0n) is 12.3. The Hall–Kier alpha value is -1.16. The van der Waals surface area contributed by atoms with Crippen LogP contribution in [-0.2, 0) is 20.9 Å². The van der Waals surface area contributed by atoms with Crippen LogP contribution in [0.3, 0.4) is 0 Å². The molecule has 1 aromatic carbocycles. The Morgan fingerprint density at radius 3 is 2.30 bits per heavy atom. The molecule has 2 heterocycles. The third-order valence-corrected chi connectivity index (χ3v) is 6.24. The molecule has 0 unspecified atom stereocenters. The Morgan fingerprint density at radius 2 is 1.74 bits per heavy atom. The lowest BCUT2D eigenvalue weighted by Gasteiger charge is -2.39. The van der Waals surface area contributed by atoms with Crippen LogP contribution in [0.2, 0.25) is 0 Å². The van der Waals surface area contributed by atoms with E-state index in [1.165, 1.54) is 4.31 Å². The molecule has 0 bridgehead atoms. The van der Waals surface area contributed by atoms with Crippen molar-refractivity contribution in [3.63, 3.8) is 0 Å². The van der Waals surface area contributed by atoms with Crippen molar-refractivity contribution in [2.75, 3.05) is 26.2 Å². The largest absolute Gasteiger partial charge is 0.416 e. The van der Waals surface area contributed by atoms with Crippen LogP contribution in [0.25, 0.3) is 0 Å². The summed E-state index contributed by atoms with van der Waals surface area (Å²) in [5.74, 6) is 0. The third-order valence-electron chi connectivity index (χ3n) is 4.27. The molecule has 1 spiro atoms. The first-order valence-electron chi connectivity index (χ1n) is 7.31. The number of nitrogens with zero attached hydrogens (tertiary/aromatic N) is 1. The lowest BCUT2D eigenvalue weighted by atomic mass is 10.0. The van der Waals surface area contributed by atoms with Crippen LogP contribution in [0.5, 0.6) is 0 Å². The maximum Gasteiger partial charge on any atom is 0.416 e. The van der Waals surface area contributed by atoms with Gasteiger partial charge in [0.05, 0.1) is 17.1 Å². The Bertz CT molecular complexity index is 668. The fourth-order valence-electron chi connectivity index (χ4n) is 3.09. The molecule has 5 nitrogen and oxygen atoms in total. The Kier molecular flexibility index (Phi) is 4.16. The summed E-state index contributed by atoms with van der Waals surface area (Å²) in [6, 6.07) is 3.59. The zero-order chi connectivity index (χ0) is 16.7. The molecule has 0 aliphatic carbocycles. The highest BCUT2D eigenvalue weighted by molar-refractivity contribution is 7.89. The molecule has 2 saturated heterocycles. The summed E-state index contributed by atoms with van der Waals surface area (Å²) in [6.07, 6.45) is -3.45. The second-order valence-electron chi connectivity index (χ2n) is 5.64. The van der Waals surface area contributed by atoms with Crippen molar-refractivity contribution < 1.29 is 26.3 Å². The molecular weight excluding hydrogens is 333 g/mol. The monoisotopic (exact) mass is 350 g/mol. The second kappa shape index (κ2) is 5.73. The topological polar surface area (TPSA) is 58.6 Å². The summed E-state index contributed by atoms with van der Waals surface area (Å²) in [5, 5.41) is 3.15. The van der Waals surface area contributed by atoms with E-state index in [2.05, 4.69) is 5.32 Å². The van der Waals surface area contributed by atoms with Gasteiger partial charge >= 0.3 is 6.18 Å². The fourth-order valence-corrected chi connectivity index (χ4v) is 4.81.